The number of carbonyl (C=O) groups excluding carboxylic acids is 1. The summed E-state index contributed by atoms with van der Waals surface area (Å²) in [4.78, 5) is 24.3. The molecule has 0 unspecified atom stereocenters. The summed E-state index contributed by atoms with van der Waals surface area (Å²) >= 11 is 0. The van der Waals surface area contributed by atoms with Gasteiger partial charge in [-0.2, -0.15) is 0 Å². The number of hydrogen-bond donors (Lipinski definition) is 1. The van der Waals surface area contributed by atoms with Gasteiger partial charge in [0.25, 0.3) is 0 Å². The second-order valence-electron chi connectivity index (χ2n) is 5.77. The maximum Gasteiger partial charge on any atom is 0.236 e. The predicted molar refractivity (Wildman–Crippen MR) is 89.8 cm³/mol. The SMILES string of the molecule is CN(Cc1cccc(-c2cnc(N3CCC3)nc2)c1)C(=O)CN. The van der Waals surface area contributed by atoms with Gasteiger partial charge in [0.2, 0.25) is 11.9 Å². The van der Waals surface area contributed by atoms with Crippen LogP contribution in [0.2, 0.25) is 0 Å². The van der Waals surface area contributed by atoms with Gasteiger partial charge in [0.1, 0.15) is 0 Å². The molecule has 1 aromatic heterocycles. The Morgan fingerprint density at radius 2 is 2.00 bits per heavy atom. The standard InChI is InChI=1S/C17H21N5O/c1-21(16(23)9-18)12-13-4-2-5-14(8-13)15-10-19-17(20-11-15)22-6-3-7-22/h2,4-5,8,10-11H,3,6-7,9,12,18H2,1H3. The van der Waals surface area contributed by atoms with Crippen LogP contribution in [0.1, 0.15) is 12.0 Å². The first-order chi connectivity index (χ1) is 11.2. The Morgan fingerprint density at radius 1 is 1.26 bits per heavy atom. The zero-order valence-electron chi connectivity index (χ0n) is 13.3. The van der Waals surface area contributed by atoms with Crippen LogP contribution in [0.15, 0.2) is 36.7 Å². The van der Waals surface area contributed by atoms with Crippen molar-refractivity contribution in [1.29, 1.82) is 0 Å². The Bertz CT molecular complexity index is 682. The van der Waals surface area contributed by atoms with E-state index in [-0.39, 0.29) is 12.5 Å². The zero-order valence-corrected chi connectivity index (χ0v) is 13.3. The van der Waals surface area contributed by atoms with Crippen LogP contribution in [-0.2, 0) is 11.3 Å². The highest BCUT2D eigenvalue weighted by Crippen LogP contribution is 2.22. The largest absolute Gasteiger partial charge is 0.341 e. The van der Waals surface area contributed by atoms with E-state index in [1.165, 1.54) is 6.42 Å². The normalized spacial score (nSPS) is 13.6. The summed E-state index contributed by atoms with van der Waals surface area (Å²) in [5.74, 6) is 0.724. The molecule has 0 radical (unpaired) electrons. The van der Waals surface area contributed by atoms with Crippen molar-refractivity contribution in [1.82, 2.24) is 14.9 Å². The van der Waals surface area contributed by atoms with Gasteiger partial charge in [-0.15, -0.1) is 0 Å². The molecule has 3 rings (SSSR count). The van der Waals surface area contributed by atoms with E-state index in [0.29, 0.717) is 6.54 Å². The number of nitrogens with zero attached hydrogens (tertiary/aromatic N) is 4. The number of carbonyl (C=O) groups is 1. The Labute approximate surface area is 135 Å². The lowest BCUT2D eigenvalue weighted by molar-refractivity contribution is -0.128. The van der Waals surface area contributed by atoms with Crippen molar-refractivity contribution in [2.24, 2.45) is 5.73 Å². The summed E-state index contributed by atoms with van der Waals surface area (Å²) < 4.78 is 0. The van der Waals surface area contributed by atoms with Crippen molar-refractivity contribution >= 4 is 11.9 Å². The van der Waals surface area contributed by atoms with Gasteiger partial charge in [-0.3, -0.25) is 4.79 Å². The summed E-state index contributed by atoms with van der Waals surface area (Å²) in [5.41, 5.74) is 8.47. The van der Waals surface area contributed by atoms with Crippen molar-refractivity contribution in [3.63, 3.8) is 0 Å². The summed E-state index contributed by atoms with van der Waals surface area (Å²) in [6, 6.07) is 8.06. The summed E-state index contributed by atoms with van der Waals surface area (Å²) in [6.07, 6.45) is 4.92. The van der Waals surface area contributed by atoms with Crippen LogP contribution in [0, 0.1) is 0 Å². The third-order valence-corrected chi connectivity index (χ3v) is 4.06. The number of benzene rings is 1. The fourth-order valence-corrected chi connectivity index (χ4v) is 2.52. The lowest BCUT2D eigenvalue weighted by atomic mass is 10.1. The molecule has 0 saturated carbocycles. The second kappa shape index (κ2) is 6.75. The zero-order chi connectivity index (χ0) is 16.2. The number of anilines is 1. The lowest BCUT2D eigenvalue weighted by Gasteiger charge is -2.30. The first kappa shape index (κ1) is 15.4. The van der Waals surface area contributed by atoms with Gasteiger partial charge in [-0.1, -0.05) is 18.2 Å². The fraction of sp³-hybridized carbons (Fsp3) is 0.353. The van der Waals surface area contributed by atoms with Crippen LogP contribution in [0.5, 0.6) is 0 Å². The van der Waals surface area contributed by atoms with Crippen molar-refractivity contribution < 1.29 is 4.79 Å². The molecule has 1 aliphatic heterocycles. The van der Waals surface area contributed by atoms with Crippen LogP contribution < -0.4 is 10.6 Å². The van der Waals surface area contributed by atoms with Crippen LogP contribution in [-0.4, -0.2) is 47.5 Å². The van der Waals surface area contributed by atoms with Gasteiger partial charge in [-0.25, -0.2) is 9.97 Å². The van der Waals surface area contributed by atoms with Crippen molar-refractivity contribution in [3.8, 4) is 11.1 Å². The Kier molecular flexibility index (Phi) is 4.52. The molecule has 6 heteroatoms. The van der Waals surface area contributed by atoms with Crippen molar-refractivity contribution in [2.75, 3.05) is 31.6 Å². The monoisotopic (exact) mass is 311 g/mol. The fourth-order valence-electron chi connectivity index (χ4n) is 2.52. The highest BCUT2D eigenvalue weighted by Gasteiger charge is 2.16. The van der Waals surface area contributed by atoms with Gasteiger partial charge in [0, 0.05) is 44.6 Å². The molecule has 0 atom stereocenters. The minimum absolute atomic E-state index is 0.0298. The highest BCUT2D eigenvalue weighted by atomic mass is 16.2. The lowest BCUT2D eigenvalue weighted by Crippen LogP contribution is -2.38. The van der Waals surface area contributed by atoms with Gasteiger partial charge >= 0.3 is 0 Å². The Balaban J connectivity index is 1.75. The first-order valence-corrected chi connectivity index (χ1v) is 7.77. The number of amides is 1. The molecule has 1 amide bonds. The van der Waals surface area contributed by atoms with E-state index < -0.39 is 0 Å². The highest BCUT2D eigenvalue weighted by molar-refractivity contribution is 5.77. The molecular weight excluding hydrogens is 290 g/mol. The summed E-state index contributed by atoms with van der Waals surface area (Å²) in [6.45, 7) is 2.64. The number of rotatable bonds is 5. The van der Waals surface area contributed by atoms with Gasteiger partial charge in [0.05, 0.1) is 6.54 Å². The van der Waals surface area contributed by atoms with Crippen molar-refractivity contribution in [2.45, 2.75) is 13.0 Å². The average Bonchev–Trinajstić information content (AvgIpc) is 2.53. The molecule has 2 heterocycles. The first-order valence-electron chi connectivity index (χ1n) is 7.77. The van der Waals surface area contributed by atoms with E-state index in [0.717, 1.165) is 35.7 Å². The van der Waals surface area contributed by atoms with E-state index in [2.05, 4.69) is 20.9 Å². The molecule has 1 aromatic carbocycles. The van der Waals surface area contributed by atoms with E-state index in [1.54, 1.807) is 11.9 Å². The molecule has 1 fully saturated rings. The number of nitrogens with two attached hydrogens (primary N) is 1. The minimum Gasteiger partial charge on any atom is -0.341 e. The van der Waals surface area contributed by atoms with Crippen LogP contribution in [0.4, 0.5) is 5.95 Å². The number of likely N-dealkylation sites (N-methyl/N-ethyl adjacent to an activating group) is 1. The summed E-state index contributed by atoms with van der Waals surface area (Å²) in [5, 5.41) is 0. The van der Waals surface area contributed by atoms with Crippen LogP contribution in [0.3, 0.4) is 0 Å². The quantitative estimate of drug-likeness (QED) is 0.900. The maximum absolute atomic E-state index is 11.6. The molecule has 1 saturated heterocycles. The van der Waals surface area contributed by atoms with Crippen molar-refractivity contribution in [3.05, 3.63) is 42.2 Å². The molecule has 1 aliphatic rings. The van der Waals surface area contributed by atoms with Gasteiger partial charge in [0.15, 0.2) is 0 Å². The molecule has 120 valence electrons. The number of aromatic nitrogens is 2. The van der Waals surface area contributed by atoms with E-state index in [9.17, 15) is 4.79 Å². The Morgan fingerprint density at radius 3 is 2.61 bits per heavy atom. The Hall–Kier alpha value is -2.47. The van der Waals surface area contributed by atoms with E-state index >= 15 is 0 Å². The molecular formula is C17H21N5O. The molecule has 23 heavy (non-hydrogen) atoms. The third-order valence-electron chi connectivity index (χ3n) is 4.06. The molecule has 2 N–H and O–H groups in total. The number of hydrogen-bond acceptors (Lipinski definition) is 5. The molecule has 6 nitrogen and oxygen atoms in total. The van der Waals surface area contributed by atoms with Gasteiger partial charge in [-0.05, 0) is 23.6 Å². The third kappa shape index (κ3) is 3.48. The summed E-state index contributed by atoms with van der Waals surface area (Å²) in [7, 11) is 1.76. The molecule has 0 spiro atoms. The van der Waals surface area contributed by atoms with E-state index in [4.69, 9.17) is 5.73 Å². The smallest absolute Gasteiger partial charge is 0.236 e. The molecule has 2 aromatic rings. The van der Waals surface area contributed by atoms with Gasteiger partial charge < -0.3 is 15.5 Å². The molecule has 0 bridgehead atoms. The second-order valence-corrected chi connectivity index (χ2v) is 5.77. The van der Waals surface area contributed by atoms with E-state index in [1.807, 2.05) is 30.6 Å². The minimum atomic E-state index is -0.0716. The average molecular weight is 311 g/mol. The van der Waals surface area contributed by atoms with Crippen LogP contribution in [0.25, 0.3) is 11.1 Å². The molecule has 0 aliphatic carbocycles. The topological polar surface area (TPSA) is 75.4 Å². The van der Waals surface area contributed by atoms with Crippen LogP contribution >= 0.6 is 0 Å². The predicted octanol–water partition coefficient (Wildman–Crippen LogP) is 1.27. The maximum atomic E-state index is 11.6.